The first-order valence-corrected chi connectivity index (χ1v) is 8.13. The summed E-state index contributed by atoms with van der Waals surface area (Å²) in [4.78, 5) is 18.7. The molecule has 1 N–H and O–H groups in total. The van der Waals surface area contributed by atoms with E-state index in [9.17, 15) is 4.79 Å². The Morgan fingerprint density at radius 1 is 1.35 bits per heavy atom. The number of carbonyl (C=O) groups is 1. The van der Waals surface area contributed by atoms with Crippen molar-refractivity contribution in [1.29, 1.82) is 0 Å². The van der Waals surface area contributed by atoms with Gasteiger partial charge in [-0.2, -0.15) is 0 Å². The smallest absolute Gasteiger partial charge is 0.318 e. The van der Waals surface area contributed by atoms with Gasteiger partial charge in [0.25, 0.3) is 0 Å². The second-order valence-corrected chi connectivity index (χ2v) is 6.57. The van der Waals surface area contributed by atoms with E-state index < -0.39 is 0 Å². The monoisotopic (exact) mass is 312 g/mol. The van der Waals surface area contributed by atoms with Crippen LogP contribution in [0.15, 0.2) is 42.9 Å². The summed E-state index contributed by atoms with van der Waals surface area (Å²) in [5.41, 5.74) is 2.17. The second kappa shape index (κ2) is 6.44. The van der Waals surface area contributed by atoms with E-state index in [2.05, 4.69) is 41.5 Å². The highest BCUT2D eigenvalue weighted by molar-refractivity contribution is 5.75. The average molecular weight is 312 g/mol. The van der Waals surface area contributed by atoms with E-state index in [1.807, 2.05) is 22.6 Å². The third kappa shape index (κ3) is 3.38. The Kier molecular flexibility index (Phi) is 4.37. The molecule has 5 heteroatoms. The van der Waals surface area contributed by atoms with Gasteiger partial charge >= 0.3 is 6.03 Å². The van der Waals surface area contributed by atoms with Gasteiger partial charge in [0.05, 0.1) is 18.6 Å². The van der Waals surface area contributed by atoms with E-state index in [-0.39, 0.29) is 11.6 Å². The fraction of sp³-hybridized carbons (Fsp3) is 0.444. The molecule has 0 spiro atoms. The number of rotatable bonds is 4. The van der Waals surface area contributed by atoms with Gasteiger partial charge in [-0.3, -0.25) is 0 Å². The largest absolute Gasteiger partial charge is 0.336 e. The molecule has 5 nitrogen and oxygen atoms in total. The lowest BCUT2D eigenvalue weighted by Crippen LogP contribution is -2.50. The topological polar surface area (TPSA) is 50.2 Å². The van der Waals surface area contributed by atoms with Crippen LogP contribution in [0.5, 0.6) is 0 Å². The first-order chi connectivity index (χ1) is 11.1. The summed E-state index contributed by atoms with van der Waals surface area (Å²) < 4.78 is 1.92. The standard InChI is InChI=1S/C18H24N4O/c1-18(11-15-7-4-3-5-8-15)9-6-10-22(18)17(23)20-13-16-12-19-14-21(16)2/h3-5,7-8,12,14H,6,9-11,13H2,1-2H3,(H,20,23). The Labute approximate surface area is 137 Å². The number of benzene rings is 1. The fourth-order valence-corrected chi connectivity index (χ4v) is 3.41. The highest BCUT2D eigenvalue weighted by Crippen LogP contribution is 2.32. The minimum atomic E-state index is -0.113. The zero-order valence-electron chi connectivity index (χ0n) is 13.8. The number of imidazole rings is 1. The van der Waals surface area contributed by atoms with Crippen molar-refractivity contribution in [2.24, 2.45) is 7.05 Å². The highest BCUT2D eigenvalue weighted by atomic mass is 16.2. The lowest BCUT2D eigenvalue weighted by atomic mass is 9.90. The normalized spacial score (nSPS) is 20.7. The SMILES string of the molecule is Cn1cncc1CNC(=O)N1CCCC1(C)Cc1ccccc1. The van der Waals surface area contributed by atoms with Gasteiger partial charge < -0.3 is 14.8 Å². The zero-order valence-corrected chi connectivity index (χ0v) is 13.8. The van der Waals surface area contributed by atoms with Gasteiger partial charge in [0.1, 0.15) is 0 Å². The Morgan fingerprint density at radius 3 is 2.83 bits per heavy atom. The number of nitrogens with one attached hydrogen (secondary N) is 1. The van der Waals surface area contributed by atoms with Crippen molar-refractivity contribution in [2.45, 2.75) is 38.3 Å². The van der Waals surface area contributed by atoms with Crippen LogP contribution in [-0.2, 0) is 20.0 Å². The predicted octanol–water partition coefficient (Wildman–Crippen LogP) is 2.73. The molecule has 2 heterocycles. The van der Waals surface area contributed by atoms with Crippen LogP contribution in [0, 0.1) is 0 Å². The van der Waals surface area contributed by atoms with E-state index in [0.717, 1.165) is 31.5 Å². The molecule has 1 atom stereocenters. The molecule has 0 bridgehead atoms. The highest BCUT2D eigenvalue weighted by Gasteiger charge is 2.39. The summed E-state index contributed by atoms with van der Waals surface area (Å²) in [6.07, 6.45) is 6.53. The first kappa shape index (κ1) is 15.6. The minimum Gasteiger partial charge on any atom is -0.336 e. The summed E-state index contributed by atoms with van der Waals surface area (Å²) in [7, 11) is 1.93. The Morgan fingerprint density at radius 2 is 2.13 bits per heavy atom. The molecular formula is C18H24N4O. The molecule has 23 heavy (non-hydrogen) atoms. The number of hydrogen-bond acceptors (Lipinski definition) is 2. The van der Waals surface area contributed by atoms with Gasteiger partial charge in [0.2, 0.25) is 0 Å². The molecular weight excluding hydrogens is 288 g/mol. The van der Waals surface area contributed by atoms with Crippen LogP contribution in [0.4, 0.5) is 4.79 Å². The van der Waals surface area contributed by atoms with Crippen molar-refractivity contribution in [1.82, 2.24) is 19.8 Å². The van der Waals surface area contributed by atoms with E-state index in [0.29, 0.717) is 6.54 Å². The second-order valence-electron chi connectivity index (χ2n) is 6.57. The molecule has 0 saturated carbocycles. The zero-order chi connectivity index (χ0) is 16.3. The van der Waals surface area contributed by atoms with Gasteiger partial charge in [0, 0.05) is 25.3 Å². The molecule has 1 fully saturated rings. The number of aryl methyl sites for hydroxylation is 1. The van der Waals surface area contributed by atoms with E-state index >= 15 is 0 Å². The van der Waals surface area contributed by atoms with Crippen molar-refractivity contribution in [3.63, 3.8) is 0 Å². The van der Waals surface area contributed by atoms with Gasteiger partial charge in [0.15, 0.2) is 0 Å². The van der Waals surface area contributed by atoms with Crippen molar-refractivity contribution in [3.8, 4) is 0 Å². The third-order valence-corrected chi connectivity index (χ3v) is 4.76. The summed E-state index contributed by atoms with van der Waals surface area (Å²) in [5.74, 6) is 0. The molecule has 1 saturated heterocycles. The van der Waals surface area contributed by atoms with E-state index in [4.69, 9.17) is 0 Å². The van der Waals surface area contributed by atoms with Crippen molar-refractivity contribution >= 4 is 6.03 Å². The Bertz CT molecular complexity index is 667. The molecule has 2 aromatic rings. The average Bonchev–Trinajstić information content (AvgIpc) is 3.12. The molecule has 122 valence electrons. The van der Waals surface area contributed by atoms with E-state index in [1.54, 1.807) is 12.5 Å². The Balaban J connectivity index is 1.65. The van der Waals surface area contributed by atoms with Gasteiger partial charge in [-0.15, -0.1) is 0 Å². The lowest BCUT2D eigenvalue weighted by Gasteiger charge is -2.35. The van der Waals surface area contributed by atoms with Gasteiger partial charge in [-0.1, -0.05) is 30.3 Å². The number of nitrogens with zero attached hydrogens (tertiary/aromatic N) is 3. The van der Waals surface area contributed by atoms with Crippen LogP contribution in [0.1, 0.15) is 31.0 Å². The number of amides is 2. The maximum atomic E-state index is 12.6. The molecule has 3 rings (SSSR count). The maximum Gasteiger partial charge on any atom is 0.318 e. The molecule has 2 amide bonds. The fourth-order valence-electron chi connectivity index (χ4n) is 3.41. The minimum absolute atomic E-state index is 0.0159. The summed E-state index contributed by atoms with van der Waals surface area (Å²) in [6, 6.07) is 10.4. The van der Waals surface area contributed by atoms with Crippen LogP contribution < -0.4 is 5.32 Å². The van der Waals surface area contributed by atoms with Crippen molar-refractivity contribution in [2.75, 3.05) is 6.54 Å². The van der Waals surface area contributed by atoms with Gasteiger partial charge in [-0.05, 0) is 31.7 Å². The summed E-state index contributed by atoms with van der Waals surface area (Å²) >= 11 is 0. The maximum absolute atomic E-state index is 12.6. The molecule has 1 aliphatic heterocycles. The van der Waals surface area contributed by atoms with Crippen LogP contribution in [0.3, 0.4) is 0 Å². The number of likely N-dealkylation sites (tertiary alicyclic amines) is 1. The van der Waals surface area contributed by atoms with Crippen molar-refractivity contribution < 1.29 is 4.79 Å². The van der Waals surface area contributed by atoms with Gasteiger partial charge in [-0.25, -0.2) is 9.78 Å². The molecule has 1 aliphatic rings. The Hall–Kier alpha value is -2.30. The number of urea groups is 1. The lowest BCUT2D eigenvalue weighted by molar-refractivity contribution is 0.155. The molecule has 1 aromatic carbocycles. The number of carbonyl (C=O) groups excluding carboxylic acids is 1. The number of hydrogen-bond donors (Lipinski definition) is 1. The van der Waals surface area contributed by atoms with E-state index in [1.165, 1.54) is 5.56 Å². The number of aromatic nitrogens is 2. The van der Waals surface area contributed by atoms with Crippen LogP contribution in [-0.4, -0.2) is 32.6 Å². The molecule has 0 aliphatic carbocycles. The van der Waals surface area contributed by atoms with Crippen LogP contribution >= 0.6 is 0 Å². The molecule has 1 aromatic heterocycles. The summed E-state index contributed by atoms with van der Waals surface area (Å²) in [5, 5.41) is 3.03. The first-order valence-electron chi connectivity index (χ1n) is 8.13. The molecule has 1 unspecified atom stereocenters. The summed E-state index contributed by atoms with van der Waals surface area (Å²) in [6.45, 7) is 3.52. The third-order valence-electron chi connectivity index (χ3n) is 4.76. The quantitative estimate of drug-likeness (QED) is 0.944. The molecule has 0 radical (unpaired) electrons. The predicted molar refractivity (Wildman–Crippen MR) is 89.9 cm³/mol. The van der Waals surface area contributed by atoms with Crippen LogP contribution in [0.2, 0.25) is 0 Å². The van der Waals surface area contributed by atoms with Crippen molar-refractivity contribution in [3.05, 3.63) is 54.1 Å². The van der Waals surface area contributed by atoms with Crippen LogP contribution in [0.25, 0.3) is 0 Å².